The largest absolute Gasteiger partial charge is 0.464 e. The first-order chi connectivity index (χ1) is 8.84. The van der Waals surface area contributed by atoms with Crippen LogP contribution in [0.3, 0.4) is 0 Å². The molecule has 1 rings (SSSR count). The Morgan fingerprint density at radius 2 is 1.89 bits per heavy atom. The molecule has 19 heavy (non-hydrogen) atoms. The monoisotopic (exact) mass is 289 g/mol. The van der Waals surface area contributed by atoms with Gasteiger partial charge in [0.25, 0.3) is 0 Å². The third-order valence-electron chi connectivity index (χ3n) is 2.84. The van der Waals surface area contributed by atoms with Gasteiger partial charge >= 0.3 is 5.97 Å². The van der Waals surface area contributed by atoms with Crippen LogP contribution < -0.4 is 0 Å². The lowest BCUT2D eigenvalue weighted by atomic mass is 10.1. The van der Waals surface area contributed by atoms with Crippen molar-refractivity contribution in [2.24, 2.45) is 0 Å². The van der Waals surface area contributed by atoms with Gasteiger partial charge in [0.2, 0.25) is 5.91 Å². The average Bonchev–Trinajstić information content (AvgIpc) is 2.71. The number of ketones is 1. The number of thioether (sulfide) groups is 1. The normalized spacial score (nSPS) is 25.3. The molecule has 0 spiro atoms. The van der Waals surface area contributed by atoms with Crippen molar-refractivity contribution in [1.29, 1.82) is 0 Å². The molecule has 0 aromatic heterocycles. The maximum atomic E-state index is 11.7. The number of ether oxygens (including phenoxy) is 1. The summed E-state index contributed by atoms with van der Waals surface area (Å²) in [5.74, 6) is -0.468. The first-order valence-electron chi connectivity index (χ1n) is 5.75. The molecule has 2 unspecified atom stereocenters. The van der Waals surface area contributed by atoms with Gasteiger partial charge in [-0.05, 0) is 20.8 Å². The maximum Gasteiger partial charge on any atom is 0.329 e. The van der Waals surface area contributed by atoms with E-state index in [9.17, 15) is 14.4 Å². The van der Waals surface area contributed by atoms with Crippen molar-refractivity contribution in [3.05, 3.63) is 0 Å². The molecule has 1 heterocycles. The molecule has 1 fully saturated rings. The van der Waals surface area contributed by atoms with Gasteiger partial charge in [0.15, 0.2) is 5.78 Å². The van der Waals surface area contributed by atoms with E-state index in [0.29, 0.717) is 5.75 Å². The van der Waals surface area contributed by atoms with E-state index >= 15 is 0 Å². The molecule has 0 bridgehead atoms. The lowest BCUT2D eigenvalue weighted by Crippen LogP contribution is -2.53. The summed E-state index contributed by atoms with van der Waals surface area (Å²) in [6, 6.07) is -0.661. The Bertz CT molecular complexity index is 373. The highest BCUT2D eigenvalue weighted by Gasteiger charge is 2.51. The first-order valence-corrected chi connectivity index (χ1v) is 6.73. The Labute approximate surface area is 116 Å². The highest BCUT2D eigenvalue weighted by Crippen LogP contribution is 2.40. The summed E-state index contributed by atoms with van der Waals surface area (Å²) in [5, 5.41) is 0. The van der Waals surface area contributed by atoms with Crippen molar-refractivity contribution in [3.8, 4) is 0 Å². The van der Waals surface area contributed by atoms with Crippen molar-refractivity contribution < 1.29 is 23.9 Å². The van der Waals surface area contributed by atoms with Crippen LogP contribution in [-0.2, 0) is 23.9 Å². The minimum absolute atomic E-state index is 0.135. The Morgan fingerprint density at radius 1 is 1.37 bits per heavy atom. The molecule has 6 nitrogen and oxygen atoms in total. The summed E-state index contributed by atoms with van der Waals surface area (Å²) in [5.41, 5.74) is 0. The third-order valence-corrected chi connectivity index (χ3v) is 4.37. The number of carbonyl (C=O) groups excluding carboxylic acids is 4. The van der Waals surface area contributed by atoms with Gasteiger partial charge in [0.1, 0.15) is 17.7 Å². The van der Waals surface area contributed by atoms with Crippen LogP contribution in [0.5, 0.6) is 0 Å². The van der Waals surface area contributed by atoms with Crippen LogP contribution in [0.1, 0.15) is 27.7 Å². The van der Waals surface area contributed by atoms with Gasteiger partial charge in [-0.25, -0.2) is 4.79 Å². The minimum atomic E-state index is -0.955. The molecule has 108 valence electrons. The molecule has 0 aromatic carbocycles. The Hall–Kier alpha value is -1.37. The van der Waals surface area contributed by atoms with Crippen molar-refractivity contribution in [2.45, 2.75) is 38.6 Å². The zero-order valence-electron chi connectivity index (χ0n) is 11.6. The molecule has 7 heteroatoms. The summed E-state index contributed by atoms with van der Waals surface area (Å²) >= 11 is 1.31. The smallest absolute Gasteiger partial charge is 0.329 e. The van der Waals surface area contributed by atoms with E-state index in [4.69, 9.17) is 9.53 Å². The van der Waals surface area contributed by atoms with Crippen LogP contribution in [0.15, 0.2) is 0 Å². The Morgan fingerprint density at radius 3 is 2.26 bits per heavy atom. The van der Waals surface area contributed by atoms with Gasteiger partial charge in [-0.15, -0.1) is 11.8 Å². The molecule has 1 amide bonds. The van der Waals surface area contributed by atoms with Crippen LogP contribution in [-0.4, -0.2) is 52.6 Å². The highest BCUT2D eigenvalue weighted by atomic mass is 32.2. The lowest BCUT2D eigenvalue weighted by Gasteiger charge is -2.33. The van der Waals surface area contributed by atoms with Crippen molar-refractivity contribution >= 4 is 36.2 Å². The second kappa shape index (κ2) is 7.28. The fourth-order valence-electron chi connectivity index (χ4n) is 1.89. The third kappa shape index (κ3) is 3.56. The number of rotatable bonds is 3. The Kier molecular flexibility index (Phi) is 6.75. The molecule has 1 aliphatic rings. The maximum absolute atomic E-state index is 11.7. The van der Waals surface area contributed by atoms with Gasteiger partial charge < -0.3 is 14.4 Å². The first kappa shape index (κ1) is 17.6. The molecule has 1 aliphatic heterocycles. The fourth-order valence-corrected chi connectivity index (χ4v) is 3.25. The number of nitrogens with zero attached hydrogens (tertiary/aromatic N) is 1. The molecular weight excluding hydrogens is 270 g/mol. The second-order valence-electron chi connectivity index (χ2n) is 4.01. The molecule has 0 saturated carbocycles. The highest BCUT2D eigenvalue weighted by molar-refractivity contribution is 8.01. The predicted molar refractivity (Wildman–Crippen MR) is 71.6 cm³/mol. The predicted octanol–water partition coefficient (Wildman–Crippen LogP) is 0.634. The topological polar surface area (TPSA) is 80.8 Å². The number of esters is 1. The number of amides is 1. The van der Waals surface area contributed by atoms with E-state index < -0.39 is 16.9 Å². The number of Topliss-reactive ketones (excluding diaryl/α,β-unsaturated/α-hetero) is 1. The molecule has 0 aliphatic carbocycles. The van der Waals surface area contributed by atoms with E-state index in [0.717, 1.165) is 0 Å². The number of hydrogen-bond donors (Lipinski definition) is 0. The Balaban J connectivity index is 0.00000154. The zero-order chi connectivity index (χ0) is 15.2. The van der Waals surface area contributed by atoms with Gasteiger partial charge in [-0.3, -0.25) is 9.59 Å². The summed E-state index contributed by atoms with van der Waals surface area (Å²) < 4.78 is 4.92. The number of carbonyl (C=O) groups is 4. The summed E-state index contributed by atoms with van der Waals surface area (Å²) in [6.45, 7) is 8.43. The van der Waals surface area contributed by atoms with Crippen molar-refractivity contribution in [2.75, 3.05) is 12.4 Å². The van der Waals surface area contributed by atoms with Crippen LogP contribution in [0.4, 0.5) is 0 Å². The van der Waals surface area contributed by atoms with Crippen LogP contribution >= 0.6 is 11.8 Å². The van der Waals surface area contributed by atoms with Crippen LogP contribution in [0.2, 0.25) is 0 Å². The van der Waals surface area contributed by atoms with E-state index in [1.165, 1.54) is 30.5 Å². The SMILES string of the molecule is C=O.CCOC(=O)C1CSC(C)(C(C)=O)N1C(C)=O. The van der Waals surface area contributed by atoms with E-state index in [-0.39, 0.29) is 18.3 Å². The van der Waals surface area contributed by atoms with Gasteiger partial charge in [-0.1, -0.05) is 0 Å². The van der Waals surface area contributed by atoms with Crippen molar-refractivity contribution in [1.82, 2.24) is 4.90 Å². The standard InChI is InChI=1S/C11H17NO4S.CH2O/c1-5-16-10(15)9-6-17-11(4,7(2)13)12(9)8(3)14;1-2/h9H,5-6H2,1-4H3;1H2. The summed E-state index contributed by atoms with van der Waals surface area (Å²) in [7, 11) is 0. The van der Waals surface area contributed by atoms with Crippen LogP contribution in [0.25, 0.3) is 0 Å². The van der Waals surface area contributed by atoms with E-state index in [1.54, 1.807) is 13.8 Å². The zero-order valence-corrected chi connectivity index (χ0v) is 12.4. The molecule has 0 aromatic rings. The minimum Gasteiger partial charge on any atom is -0.464 e. The fraction of sp³-hybridized carbons (Fsp3) is 0.667. The average molecular weight is 289 g/mol. The van der Waals surface area contributed by atoms with E-state index in [1.807, 2.05) is 6.79 Å². The molecule has 0 N–H and O–H groups in total. The van der Waals surface area contributed by atoms with Gasteiger partial charge in [0.05, 0.1) is 6.61 Å². The molecule has 1 saturated heterocycles. The van der Waals surface area contributed by atoms with E-state index in [2.05, 4.69) is 0 Å². The van der Waals surface area contributed by atoms with Gasteiger partial charge in [0, 0.05) is 12.7 Å². The summed E-state index contributed by atoms with van der Waals surface area (Å²) in [4.78, 5) is 43.4. The molecule has 2 atom stereocenters. The second-order valence-corrected chi connectivity index (χ2v) is 5.42. The van der Waals surface area contributed by atoms with Crippen molar-refractivity contribution in [3.63, 3.8) is 0 Å². The number of hydrogen-bond acceptors (Lipinski definition) is 6. The molecule has 0 radical (unpaired) electrons. The van der Waals surface area contributed by atoms with Crippen LogP contribution in [0, 0.1) is 0 Å². The lowest BCUT2D eigenvalue weighted by molar-refractivity contribution is -0.155. The summed E-state index contributed by atoms with van der Waals surface area (Å²) in [6.07, 6.45) is 0. The molecular formula is C12H19NO5S. The van der Waals surface area contributed by atoms with Gasteiger partial charge in [-0.2, -0.15) is 0 Å². The quantitative estimate of drug-likeness (QED) is 0.709.